The van der Waals surface area contributed by atoms with Crippen LogP contribution in [0, 0.1) is 11.7 Å². The van der Waals surface area contributed by atoms with Gasteiger partial charge in [0.05, 0.1) is 18.3 Å². The van der Waals surface area contributed by atoms with Crippen molar-refractivity contribution in [1.29, 1.82) is 0 Å². The molecule has 2 aromatic heterocycles. The van der Waals surface area contributed by atoms with Crippen LogP contribution in [-0.2, 0) is 12.7 Å². The number of halogens is 4. The highest BCUT2D eigenvalue weighted by atomic mass is 19.4. The number of fused-ring (bicyclic) bond motifs is 1. The molecule has 11 heteroatoms. The van der Waals surface area contributed by atoms with Crippen LogP contribution in [0.2, 0.25) is 0 Å². The van der Waals surface area contributed by atoms with Crippen LogP contribution in [0.15, 0.2) is 29.2 Å². The maximum absolute atomic E-state index is 14.2. The molecule has 1 fully saturated rings. The van der Waals surface area contributed by atoms with Crippen molar-refractivity contribution in [3.05, 3.63) is 51.8 Å². The molecule has 3 N–H and O–H groups in total. The lowest BCUT2D eigenvalue weighted by Crippen LogP contribution is -2.33. The first-order valence-corrected chi connectivity index (χ1v) is 9.57. The molecule has 0 radical (unpaired) electrons. The molecule has 7 nitrogen and oxygen atoms in total. The third-order valence-electron chi connectivity index (χ3n) is 5.20. The van der Waals surface area contributed by atoms with Crippen molar-refractivity contribution in [3.63, 3.8) is 0 Å². The van der Waals surface area contributed by atoms with E-state index < -0.39 is 35.4 Å². The van der Waals surface area contributed by atoms with Gasteiger partial charge in [-0.2, -0.15) is 18.2 Å². The first-order chi connectivity index (χ1) is 14.3. The second-order valence-corrected chi connectivity index (χ2v) is 7.30. The van der Waals surface area contributed by atoms with E-state index in [9.17, 15) is 22.4 Å². The van der Waals surface area contributed by atoms with E-state index >= 15 is 0 Å². The summed E-state index contributed by atoms with van der Waals surface area (Å²) in [6, 6.07) is 2.72. The molecule has 1 atom stereocenters. The minimum Gasteiger partial charge on any atom is -0.354 e. The van der Waals surface area contributed by atoms with Gasteiger partial charge >= 0.3 is 11.9 Å². The third kappa shape index (κ3) is 4.16. The van der Waals surface area contributed by atoms with Crippen molar-refractivity contribution in [3.8, 4) is 0 Å². The SMILES string of the molecule is O=c1[nH]c2cnc(NCC3CCCNC3)nc2n1Cc1c(F)cccc1C(F)(F)F. The van der Waals surface area contributed by atoms with Gasteiger partial charge in [0.1, 0.15) is 11.3 Å². The van der Waals surface area contributed by atoms with E-state index in [-0.39, 0.29) is 17.1 Å². The molecule has 3 heterocycles. The second-order valence-electron chi connectivity index (χ2n) is 7.30. The van der Waals surface area contributed by atoms with Crippen LogP contribution in [0.4, 0.5) is 23.5 Å². The van der Waals surface area contributed by atoms with Crippen LogP contribution in [0.25, 0.3) is 11.2 Å². The van der Waals surface area contributed by atoms with Gasteiger partial charge < -0.3 is 15.6 Å². The molecule has 0 aliphatic carbocycles. The summed E-state index contributed by atoms with van der Waals surface area (Å²) < 4.78 is 55.1. The zero-order valence-corrected chi connectivity index (χ0v) is 15.9. The lowest BCUT2D eigenvalue weighted by molar-refractivity contribution is -0.138. The second kappa shape index (κ2) is 8.05. The molecule has 1 aliphatic rings. The number of H-pyrrole nitrogens is 1. The predicted molar refractivity (Wildman–Crippen MR) is 103 cm³/mol. The van der Waals surface area contributed by atoms with E-state index in [1.807, 2.05) is 0 Å². The molecule has 160 valence electrons. The lowest BCUT2D eigenvalue weighted by atomic mass is 10.00. The molecule has 30 heavy (non-hydrogen) atoms. The van der Waals surface area contributed by atoms with Gasteiger partial charge in [0.2, 0.25) is 5.95 Å². The molecule has 1 aromatic carbocycles. The Bertz CT molecular complexity index is 1100. The quantitative estimate of drug-likeness (QED) is 0.549. The number of aromatic amines is 1. The molecule has 1 aliphatic heterocycles. The largest absolute Gasteiger partial charge is 0.416 e. The number of aromatic nitrogens is 4. The van der Waals surface area contributed by atoms with Crippen molar-refractivity contribution in [2.24, 2.45) is 5.92 Å². The summed E-state index contributed by atoms with van der Waals surface area (Å²) in [6.07, 6.45) is -1.23. The van der Waals surface area contributed by atoms with Gasteiger partial charge in [-0.3, -0.25) is 4.57 Å². The fourth-order valence-corrected chi connectivity index (χ4v) is 3.65. The molecular formula is C19H20F4N6O. The van der Waals surface area contributed by atoms with Crippen LogP contribution < -0.4 is 16.3 Å². The van der Waals surface area contributed by atoms with E-state index in [1.54, 1.807) is 0 Å². The average molecular weight is 424 g/mol. The highest BCUT2D eigenvalue weighted by molar-refractivity contribution is 5.71. The topological polar surface area (TPSA) is 87.6 Å². The number of nitrogens with zero attached hydrogens (tertiary/aromatic N) is 3. The third-order valence-corrected chi connectivity index (χ3v) is 5.20. The van der Waals surface area contributed by atoms with E-state index in [1.165, 1.54) is 6.20 Å². The maximum atomic E-state index is 14.2. The number of hydrogen-bond acceptors (Lipinski definition) is 5. The zero-order chi connectivity index (χ0) is 21.3. The molecule has 0 amide bonds. The van der Waals surface area contributed by atoms with Gasteiger partial charge in [-0.1, -0.05) is 6.07 Å². The highest BCUT2D eigenvalue weighted by Gasteiger charge is 2.34. The number of hydrogen-bond donors (Lipinski definition) is 3. The molecule has 1 saturated heterocycles. The van der Waals surface area contributed by atoms with E-state index in [0.29, 0.717) is 12.5 Å². The van der Waals surface area contributed by atoms with Gasteiger partial charge in [-0.15, -0.1) is 0 Å². The van der Waals surface area contributed by atoms with Gasteiger partial charge in [0.25, 0.3) is 0 Å². The van der Waals surface area contributed by atoms with Gasteiger partial charge in [-0.05, 0) is 44.0 Å². The first-order valence-electron chi connectivity index (χ1n) is 9.57. The average Bonchev–Trinajstić information content (AvgIpc) is 3.02. The number of piperidine rings is 1. The van der Waals surface area contributed by atoms with Gasteiger partial charge in [-0.25, -0.2) is 14.2 Å². The Balaban J connectivity index is 1.65. The number of benzene rings is 1. The number of imidazole rings is 1. The monoisotopic (exact) mass is 424 g/mol. The molecule has 0 spiro atoms. The van der Waals surface area contributed by atoms with Crippen LogP contribution in [0.1, 0.15) is 24.0 Å². The van der Waals surface area contributed by atoms with Crippen molar-refractivity contribution in [2.75, 3.05) is 25.0 Å². The number of nitrogens with one attached hydrogen (secondary N) is 3. The van der Waals surface area contributed by atoms with Crippen molar-refractivity contribution < 1.29 is 17.6 Å². The fourth-order valence-electron chi connectivity index (χ4n) is 3.65. The highest BCUT2D eigenvalue weighted by Crippen LogP contribution is 2.33. The van der Waals surface area contributed by atoms with Crippen molar-refractivity contribution >= 4 is 17.1 Å². The minimum atomic E-state index is -4.75. The maximum Gasteiger partial charge on any atom is 0.416 e. The standard InChI is InChI=1S/C19H20F4N6O/c20-14-5-1-4-13(19(21,22)23)12(14)10-29-16-15(27-18(29)30)9-26-17(28-16)25-8-11-3-2-6-24-7-11/h1,4-5,9,11,24H,2-3,6-8,10H2,(H,27,30)(H,25,26,28). The molecule has 0 saturated carbocycles. The Labute approximate surface area is 168 Å². The Kier molecular flexibility index (Phi) is 5.46. The Morgan fingerprint density at radius 3 is 2.87 bits per heavy atom. The predicted octanol–water partition coefficient (Wildman–Crippen LogP) is 2.74. The van der Waals surface area contributed by atoms with Gasteiger partial charge in [0.15, 0.2) is 5.65 Å². The Hall–Kier alpha value is -2.95. The molecule has 4 rings (SSSR count). The lowest BCUT2D eigenvalue weighted by Gasteiger charge is -2.22. The van der Waals surface area contributed by atoms with Crippen molar-refractivity contribution in [1.82, 2.24) is 24.8 Å². The summed E-state index contributed by atoms with van der Waals surface area (Å²) >= 11 is 0. The van der Waals surface area contributed by atoms with Crippen LogP contribution in [0.5, 0.6) is 0 Å². The molecule has 0 bridgehead atoms. The smallest absolute Gasteiger partial charge is 0.354 e. The van der Waals surface area contributed by atoms with E-state index in [4.69, 9.17) is 0 Å². The molecule has 3 aromatic rings. The summed E-state index contributed by atoms with van der Waals surface area (Å²) in [5.41, 5.74) is -2.06. The minimum absolute atomic E-state index is 0.107. The number of alkyl halides is 3. The van der Waals surface area contributed by atoms with Gasteiger partial charge in [0, 0.05) is 12.1 Å². The summed E-state index contributed by atoms with van der Waals surface area (Å²) in [6.45, 7) is 1.88. The zero-order valence-electron chi connectivity index (χ0n) is 15.9. The van der Waals surface area contributed by atoms with E-state index in [0.717, 1.165) is 48.7 Å². The van der Waals surface area contributed by atoms with Crippen LogP contribution in [0.3, 0.4) is 0 Å². The Morgan fingerprint density at radius 1 is 1.30 bits per heavy atom. The van der Waals surface area contributed by atoms with Crippen LogP contribution in [-0.4, -0.2) is 39.2 Å². The summed E-state index contributed by atoms with van der Waals surface area (Å²) in [4.78, 5) is 23.3. The van der Waals surface area contributed by atoms with Crippen molar-refractivity contribution in [2.45, 2.75) is 25.6 Å². The molecule has 1 unspecified atom stereocenters. The Morgan fingerprint density at radius 2 is 2.13 bits per heavy atom. The summed E-state index contributed by atoms with van der Waals surface area (Å²) in [5.74, 6) is -0.382. The van der Waals surface area contributed by atoms with E-state index in [2.05, 4.69) is 25.6 Å². The normalized spacial score (nSPS) is 17.4. The molecular weight excluding hydrogens is 404 g/mol. The number of rotatable bonds is 5. The summed E-state index contributed by atoms with van der Waals surface area (Å²) in [7, 11) is 0. The number of anilines is 1. The van der Waals surface area contributed by atoms with Crippen LogP contribution >= 0.6 is 0 Å². The fraction of sp³-hybridized carbons (Fsp3) is 0.421. The summed E-state index contributed by atoms with van der Waals surface area (Å²) in [5, 5.41) is 6.41. The first kappa shape index (κ1) is 20.3.